The van der Waals surface area contributed by atoms with Crippen molar-refractivity contribution in [3.63, 3.8) is 0 Å². The lowest BCUT2D eigenvalue weighted by Crippen LogP contribution is -2.41. The molecular formula is C11H17N2O9P. The van der Waals surface area contributed by atoms with Crippen LogP contribution in [0.25, 0.3) is 0 Å². The van der Waals surface area contributed by atoms with Gasteiger partial charge in [0.25, 0.3) is 5.56 Å². The molecule has 0 bridgehead atoms. The number of ether oxygens (including phenoxy) is 2. The number of aliphatic hydroxyl groups excluding tert-OH is 1. The molecule has 1 aromatic heterocycles. The molecule has 11 nitrogen and oxygen atoms in total. The van der Waals surface area contributed by atoms with Gasteiger partial charge >= 0.3 is 13.5 Å². The number of rotatable bonds is 5. The Bertz CT molecular complexity index is 708. The molecule has 4 N–H and O–H groups in total. The Morgan fingerprint density at radius 1 is 1.39 bits per heavy atom. The van der Waals surface area contributed by atoms with Gasteiger partial charge in [0.05, 0.1) is 6.10 Å². The molecule has 2 rings (SSSR count). The monoisotopic (exact) mass is 352 g/mol. The van der Waals surface area contributed by atoms with E-state index >= 15 is 0 Å². The Morgan fingerprint density at radius 2 is 2.04 bits per heavy atom. The van der Waals surface area contributed by atoms with Gasteiger partial charge in [-0.05, 0) is 6.92 Å². The first-order valence-corrected chi connectivity index (χ1v) is 8.09. The van der Waals surface area contributed by atoms with Crippen molar-refractivity contribution in [3.8, 4) is 0 Å². The molecule has 0 aliphatic carbocycles. The van der Waals surface area contributed by atoms with Gasteiger partial charge in [0.1, 0.15) is 18.3 Å². The fraction of sp³-hybridized carbons (Fsp3) is 0.636. The van der Waals surface area contributed by atoms with E-state index < -0.39 is 49.7 Å². The first kappa shape index (κ1) is 18.0. The van der Waals surface area contributed by atoms with Gasteiger partial charge in [-0.2, -0.15) is 0 Å². The van der Waals surface area contributed by atoms with Gasteiger partial charge in [0.15, 0.2) is 6.23 Å². The maximum atomic E-state index is 11.9. The second kappa shape index (κ2) is 6.65. The maximum absolute atomic E-state index is 11.9. The van der Waals surface area contributed by atoms with Crippen LogP contribution in [0.2, 0.25) is 0 Å². The van der Waals surface area contributed by atoms with Crippen molar-refractivity contribution in [2.75, 3.05) is 7.11 Å². The summed E-state index contributed by atoms with van der Waals surface area (Å²) in [6.45, 7) is 1.34. The summed E-state index contributed by atoms with van der Waals surface area (Å²) in [6, 6.07) is 1.08. The summed E-state index contributed by atoms with van der Waals surface area (Å²) in [5, 5.41) is 9.75. The lowest BCUT2D eigenvalue weighted by molar-refractivity contribution is -0.0823. The summed E-state index contributed by atoms with van der Waals surface area (Å²) in [7, 11) is -3.66. The highest BCUT2D eigenvalue weighted by molar-refractivity contribution is 7.46. The van der Waals surface area contributed by atoms with Crippen LogP contribution in [-0.4, -0.2) is 56.0 Å². The predicted molar refractivity (Wildman–Crippen MR) is 74.6 cm³/mol. The van der Waals surface area contributed by atoms with E-state index in [0.29, 0.717) is 0 Å². The van der Waals surface area contributed by atoms with Crippen LogP contribution in [-0.2, 0) is 18.6 Å². The Hall–Kier alpha value is -1.33. The first-order chi connectivity index (χ1) is 10.6. The van der Waals surface area contributed by atoms with E-state index in [4.69, 9.17) is 19.3 Å². The molecule has 5 atom stereocenters. The molecular weight excluding hydrogens is 335 g/mol. The zero-order valence-corrected chi connectivity index (χ0v) is 13.1. The van der Waals surface area contributed by atoms with Crippen LogP contribution < -0.4 is 11.2 Å². The number of H-pyrrole nitrogens is 1. The van der Waals surface area contributed by atoms with Crippen LogP contribution >= 0.6 is 7.82 Å². The van der Waals surface area contributed by atoms with Gasteiger partial charge in [-0.1, -0.05) is 0 Å². The van der Waals surface area contributed by atoms with Crippen LogP contribution in [0.1, 0.15) is 13.2 Å². The molecule has 2 heterocycles. The molecule has 1 aromatic rings. The van der Waals surface area contributed by atoms with Gasteiger partial charge in [0.2, 0.25) is 0 Å². The van der Waals surface area contributed by atoms with Gasteiger partial charge < -0.3 is 24.4 Å². The highest BCUT2D eigenvalue weighted by atomic mass is 31.2. The molecule has 0 radical (unpaired) electrons. The van der Waals surface area contributed by atoms with E-state index in [-0.39, 0.29) is 0 Å². The predicted octanol–water partition coefficient (Wildman–Crippen LogP) is -1.69. The third-order valence-corrected chi connectivity index (χ3v) is 3.88. The molecule has 1 saturated heterocycles. The Kier molecular flexibility index (Phi) is 5.21. The Morgan fingerprint density at radius 3 is 2.52 bits per heavy atom. The number of phosphoric ester groups is 1. The fourth-order valence-electron chi connectivity index (χ4n) is 2.43. The summed E-state index contributed by atoms with van der Waals surface area (Å²) in [5.41, 5.74) is -1.42. The minimum absolute atomic E-state index is 0.617. The van der Waals surface area contributed by atoms with E-state index in [0.717, 1.165) is 16.8 Å². The molecule has 0 spiro atoms. The average molecular weight is 352 g/mol. The van der Waals surface area contributed by atoms with Gasteiger partial charge in [-0.3, -0.25) is 18.9 Å². The smallest absolute Gasteiger partial charge is 0.391 e. The van der Waals surface area contributed by atoms with Crippen LogP contribution in [0.4, 0.5) is 0 Å². The summed E-state index contributed by atoms with van der Waals surface area (Å²) < 4.78 is 27.4. The van der Waals surface area contributed by atoms with Crippen LogP contribution in [0.15, 0.2) is 21.9 Å². The number of phosphoric acid groups is 1. The van der Waals surface area contributed by atoms with Crippen molar-refractivity contribution in [1.29, 1.82) is 0 Å². The van der Waals surface area contributed by atoms with Crippen LogP contribution in [0.3, 0.4) is 0 Å². The van der Waals surface area contributed by atoms with Crippen molar-refractivity contribution in [1.82, 2.24) is 9.55 Å². The van der Waals surface area contributed by atoms with Crippen molar-refractivity contribution >= 4 is 7.82 Å². The summed E-state index contributed by atoms with van der Waals surface area (Å²) in [5.74, 6) is 0. The van der Waals surface area contributed by atoms with Crippen LogP contribution in [0, 0.1) is 0 Å². The van der Waals surface area contributed by atoms with Crippen molar-refractivity contribution in [2.24, 2.45) is 0 Å². The van der Waals surface area contributed by atoms with Crippen molar-refractivity contribution in [2.45, 2.75) is 37.6 Å². The SMILES string of the molecule is CO[C@@H]1[C@H](OP(=O)(O)O)[C@@H](C(C)O)O[C@H]1n1ccc(=O)[nH]c1=O. The quantitative estimate of drug-likeness (QED) is 0.453. The largest absolute Gasteiger partial charge is 0.470 e. The zero-order chi connectivity index (χ0) is 17.4. The Balaban J connectivity index is 2.43. The maximum Gasteiger partial charge on any atom is 0.470 e. The highest BCUT2D eigenvalue weighted by Gasteiger charge is 2.51. The fourth-order valence-corrected chi connectivity index (χ4v) is 2.99. The molecule has 1 unspecified atom stereocenters. The minimum atomic E-state index is -4.90. The minimum Gasteiger partial charge on any atom is -0.391 e. The molecule has 12 heteroatoms. The Labute approximate surface area is 129 Å². The van der Waals surface area contributed by atoms with E-state index in [1.165, 1.54) is 14.0 Å². The molecule has 1 aliphatic heterocycles. The summed E-state index contributed by atoms with van der Waals surface area (Å²) in [6.07, 6.45) is -4.75. The molecule has 130 valence electrons. The second-order valence-corrected chi connectivity index (χ2v) is 6.20. The topological polar surface area (TPSA) is 160 Å². The summed E-state index contributed by atoms with van der Waals surface area (Å²) in [4.78, 5) is 43.1. The normalized spacial score (nSPS) is 29.6. The van der Waals surface area contributed by atoms with E-state index in [2.05, 4.69) is 4.52 Å². The third kappa shape index (κ3) is 3.96. The number of nitrogens with zero attached hydrogens (tertiary/aromatic N) is 1. The number of nitrogens with one attached hydrogen (secondary N) is 1. The molecule has 1 fully saturated rings. The van der Waals surface area contributed by atoms with E-state index in [9.17, 15) is 19.3 Å². The second-order valence-electron chi connectivity index (χ2n) is 5.01. The molecule has 0 aromatic carbocycles. The number of aromatic amines is 1. The van der Waals surface area contributed by atoms with Gasteiger partial charge in [-0.25, -0.2) is 9.36 Å². The number of hydrogen-bond acceptors (Lipinski definition) is 7. The third-order valence-electron chi connectivity index (χ3n) is 3.36. The van der Waals surface area contributed by atoms with E-state index in [1.807, 2.05) is 4.98 Å². The number of methoxy groups -OCH3 is 1. The van der Waals surface area contributed by atoms with E-state index in [1.54, 1.807) is 0 Å². The molecule has 0 saturated carbocycles. The number of hydrogen-bond donors (Lipinski definition) is 4. The lowest BCUT2D eigenvalue weighted by Gasteiger charge is -2.24. The van der Waals surface area contributed by atoms with Gasteiger partial charge in [0, 0.05) is 19.4 Å². The van der Waals surface area contributed by atoms with Crippen molar-refractivity contribution < 1.29 is 33.5 Å². The molecule has 1 aliphatic rings. The molecule has 23 heavy (non-hydrogen) atoms. The number of aromatic nitrogens is 2. The lowest BCUT2D eigenvalue weighted by atomic mass is 10.1. The highest BCUT2D eigenvalue weighted by Crippen LogP contribution is 2.44. The molecule has 0 amide bonds. The van der Waals surface area contributed by atoms with Crippen LogP contribution in [0.5, 0.6) is 0 Å². The summed E-state index contributed by atoms with van der Waals surface area (Å²) >= 11 is 0. The first-order valence-electron chi connectivity index (χ1n) is 6.56. The standard InChI is InChI=1S/C11H17N2O9P/c1-5(14)7-8(22-23(17,18)19)9(20-2)10(21-7)13-4-3-6(15)12-11(13)16/h3-5,7-10,14H,1-2H3,(H,12,15,16)(H2,17,18,19)/t5?,7-,8-,9-,10-/m1/s1. The number of aliphatic hydroxyl groups is 1. The van der Waals surface area contributed by atoms with Gasteiger partial charge in [-0.15, -0.1) is 0 Å². The van der Waals surface area contributed by atoms with Crippen molar-refractivity contribution in [3.05, 3.63) is 33.1 Å². The zero-order valence-electron chi connectivity index (χ0n) is 12.2. The average Bonchev–Trinajstić information content (AvgIpc) is 2.75.